The average molecular weight is 470 g/mol. The quantitative estimate of drug-likeness (QED) is 0.510. The molecule has 0 N–H and O–H groups in total. The summed E-state index contributed by atoms with van der Waals surface area (Å²) in [5, 5.41) is 1.47. The van der Waals surface area contributed by atoms with Crippen LogP contribution in [0.25, 0.3) is 10.1 Å². The van der Waals surface area contributed by atoms with Crippen molar-refractivity contribution in [3.63, 3.8) is 0 Å². The predicted molar refractivity (Wildman–Crippen MR) is 124 cm³/mol. The first-order valence-corrected chi connectivity index (χ1v) is 12.4. The van der Waals surface area contributed by atoms with Gasteiger partial charge in [-0.1, -0.05) is 42.0 Å². The first-order valence-electron chi connectivity index (χ1n) is 11.2. The fourth-order valence-corrected chi connectivity index (χ4v) is 7.38. The molecule has 1 aromatic heterocycles. The summed E-state index contributed by atoms with van der Waals surface area (Å²) in [6.45, 7) is 3.79. The molecule has 1 aromatic carbocycles. The van der Waals surface area contributed by atoms with Crippen molar-refractivity contribution in [1.82, 2.24) is 14.7 Å². The number of hydrogen-bond acceptors (Lipinski definition) is 5. The van der Waals surface area contributed by atoms with E-state index in [9.17, 15) is 14.4 Å². The van der Waals surface area contributed by atoms with E-state index >= 15 is 0 Å². The van der Waals surface area contributed by atoms with Gasteiger partial charge in [-0.25, -0.2) is 0 Å². The molecule has 2 aliphatic heterocycles. The van der Waals surface area contributed by atoms with Gasteiger partial charge in [-0.15, -0.1) is 11.3 Å². The Kier molecular flexibility index (Phi) is 4.89. The summed E-state index contributed by atoms with van der Waals surface area (Å²) in [5.41, 5.74) is 0. The van der Waals surface area contributed by atoms with Crippen molar-refractivity contribution in [1.29, 1.82) is 0 Å². The van der Waals surface area contributed by atoms with Crippen LogP contribution in [0.15, 0.2) is 36.4 Å². The lowest BCUT2D eigenvalue weighted by Gasteiger charge is -2.35. The Morgan fingerprint density at radius 2 is 1.62 bits per heavy atom. The zero-order chi connectivity index (χ0) is 22.0. The van der Waals surface area contributed by atoms with E-state index in [0.29, 0.717) is 36.1 Å². The van der Waals surface area contributed by atoms with E-state index in [-0.39, 0.29) is 41.4 Å². The number of nitrogens with zero attached hydrogens (tertiary/aromatic N) is 3. The molecule has 2 aromatic rings. The van der Waals surface area contributed by atoms with E-state index < -0.39 is 0 Å². The standard InChI is InChI=1S/C24H24ClN3O3S/c25-20-16-3-1-2-4-17(16)32-21(20)24(31)27-10-7-26(8-11-27)9-12-28-22(29)18-14-5-6-15(13-14)19(18)23(28)30/h1-6,14-15,18-19H,7-13H2/t14-,15+,18-,19-/m0/s1. The zero-order valence-corrected chi connectivity index (χ0v) is 19.1. The summed E-state index contributed by atoms with van der Waals surface area (Å²) in [5.74, 6) is 0.270. The van der Waals surface area contributed by atoms with Crippen LogP contribution in [0.3, 0.4) is 0 Å². The van der Waals surface area contributed by atoms with Crippen molar-refractivity contribution < 1.29 is 14.4 Å². The number of carbonyl (C=O) groups is 3. The lowest BCUT2D eigenvalue weighted by atomic mass is 9.85. The van der Waals surface area contributed by atoms with Gasteiger partial charge in [0.15, 0.2) is 0 Å². The second-order valence-electron chi connectivity index (χ2n) is 9.20. The molecule has 2 aliphatic carbocycles. The van der Waals surface area contributed by atoms with Gasteiger partial charge in [0, 0.05) is 49.4 Å². The van der Waals surface area contributed by atoms with Gasteiger partial charge in [-0.3, -0.25) is 24.2 Å². The Balaban J connectivity index is 1.05. The highest BCUT2D eigenvalue weighted by molar-refractivity contribution is 7.21. The number of halogens is 1. The number of rotatable bonds is 4. The number of likely N-dealkylation sites (tertiary alicyclic amines) is 1. The van der Waals surface area contributed by atoms with E-state index in [4.69, 9.17) is 11.6 Å². The number of imide groups is 1. The minimum atomic E-state index is -0.127. The van der Waals surface area contributed by atoms with Crippen LogP contribution >= 0.6 is 22.9 Å². The van der Waals surface area contributed by atoms with Gasteiger partial charge in [0.1, 0.15) is 4.88 Å². The number of piperazine rings is 1. The largest absolute Gasteiger partial charge is 0.335 e. The Morgan fingerprint density at radius 3 is 2.28 bits per heavy atom. The Hall–Kier alpha value is -2.22. The second kappa shape index (κ2) is 7.68. The van der Waals surface area contributed by atoms with E-state index in [1.54, 1.807) is 0 Å². The van der Waals surface area contributed by atoms with Crippen LogP contribution in [0.2, 0.25) is 5.02 Å². The van der Waals surface area contributed by atoms with Crippen molar-refractivity contribution in [3.8, 4) is 0 Å². The molecule has 4 atom stereocenters. The van der Waals surface area contributed by atoms with Crippen LogP contribution in [0.5, 0.6) is 0 Å². The molecular formula is C24H24ClN3O3S. The molecule has 3 heterocycles. The SMILES string of the molecule is O=C(c1sc2ccccc2c1Cl)N1CCN(CCN2C(=O)[C@@H]3[C@@H](C2=O)[C@H]2C=C[C@@H]3C2)CC1. The van der Waals surface area contributed by atoms with Gasteiger partial charge in [0.25, 0.3) is 5.91 Å². The van der Waals surface area contributed by atoms with E-state index in [1.807, 2.05) is 29.2 Å². The first kappa shape index (κ1) is 20.4. The molecule has 8 heteroatoms. The molecule has 1 saturated carbocycles. The Bertz CT molecular complexity index is 1120. The monoisotopic (exact) mass is 469 g/mol. The Morgan fingerprint density at radius 1 is 0.969 bits per heavy atom. The van der Waals surface area contributed by atoms with Crippen molar-refractivity contribution in [2.24, 2.45) is 23.7 Å². The molecule has 166 valence electrons. The Labute approximate surface area is 195 Å². The molecule has 0 radical (unpaired) electrons. The summed E-state index contributed by atoms with van der Waals surface area (Å²) in [4.78, 5) is 44.9. The highest BCUT2D eigenvalue weighted by atomic mass is 35.5. The number of fused-ring (bicyclic) bond motifs is 6. The third-order valence-electron chi connectivity index (χ3n) is 7.59. The first-order chi connectivity index (χ1) is 15.5. The number of carbonyl (C=O) groups excluding carboxylic acids is 3. The average Bonchev–Trinajstić information content (AvgIpc) is 3.56. The van der Waals surface area contributed by atoms with Crippen molar-refractivity contribution in [3.05, 3.63) is 46.3 Å². The highest BCUT2D eigenvalue weighted by Crippen LogP contribution is 2.52. The van der Waals surface area contributed by atoms with Crippen LogP contribution in [-0.4, -0.2) is 71.7 Å². The normalized spacial score (nSPS) is 29.5. The maximum Gasteiger partial charge on any atom is 0.265 e. The van der Waals surface area contributed by atoms with Gasteiger partial charge in [-0.2, -0.15) is 0 Å². The van der Waals surface area contributed by atoms with E-state index in [2.05, 4.69) is 17.1 Å². The lowest BCUT2D eigenvalue weighted by Crippen LogP contribution is -2.50. The van der Waals surface area contributed by atoms with Crippen LogP contribution in [0.1, 0.15) is 16.1 Å². The summed E-state index contributed by atoms with van der Waals surface area (Å²) in [6, 6.07) is 7.81. The summed E-state index contributed by atoms with van der Waals surface area (Å²) >= 11 is 7.94. The van der Waals surface area contributed by atoms with Gasteiger partial charge < -0.3 is 4.90 Å². The lowest BCUT2D eigenvalue weighted by molar-refractivity contribution is -0.141. The summed E-state index contributed by atoms with van der Waals surface area (Å²) in [6.07, 6.45) is 5.21. The number of benzene rings is 1. The van der Waals surface area contributed by atoms with Crippen LogP contribution in [0.4, 0.5) is 0 Å². The van der Waals surface area contributed by atoms with Gasteiger partial charge in [0.05, 0.1) is 16.9 Å². The molecule has 4 aliphatic rings. The van der Waals surface area contributed by atoms with Crippen molar-refractivity contribution in [2.45, 2.75) is 6.42 Å². The highest BCUT2D eigenvalue weighted by Gasteiger charge is 2.59. The third kappa shape index (κ3) is 3.05. The maximum atomic E-state index is 13.1. The van der Waals surface area contributed by atoms with Crippen molar-refractivity contribution in [2.75, 3.05) is 39.3 Å². The molecule has 2 bridgehead atoms. The summed E-state index contributed by atoms with van der Waals surface area (Å²) < 4.78 is 1.02. The molecule has 32 heavy (non-hydrogen) atoms. The van der Waals surface area contributed by atoms with Crippen LogP contribution in [0, 0.1) is 23.7 Å². The smallest absolute Gasteiger partial charge is 0.265 e. The van der Waals surface area contributed by atoms with Gasteiger partial charge >= 0.3 is 0 Å². The molecule has 3 amide bonds. The maximum absolute atomic E-state index is 13.1. The topological polar surface area (TPSA) is 60.9 Å². The molecule has 6 rings (SSSR count). The zero-order valence-electron chi connectivity index (χ0n) is 17.6. The number of thiophene rings is 1. The minimum Gasteiger partial charge on any atom is -0.335 e. The second-order valence-corrected chi connectivity index (χ2v) is 10.6. The molecule has 3 fully saturated rings. The predicted octanol–water partition coefficient (Wildman–Crippen LogP) is 3.12. The fraction of sp³-hybridized carbons (Fsp3) is 0.458. The molecular weight excluding hydrogens is 446 g/mol. The van der Waals surface area contributed by atoms with Crippen LogP contribution < -0.4 is 0 Å². The minimum absolute atomic E-state index is 0.0171. The van der Waals surface area contributed by atoms with Gasteiger partial charge in [0.2, 0.25) is 11.8 Å². The fourth-order valence-electron chi connectivity index (χ4n) is 5.90. The van der Waals surface area contributed by atoms with E-state index in [1.165, 1.54) is 16.2 Å². The summed E-state index contributed by atoms with van der Waals surface area (Å²) in [7, 11) is 0. The molecule has 2 saturated heterocycles. The third-order valence-corrected chi connectivity index (χ3v) is 9.25. The van der Waals surface area contributed by atoms with Crippen LogP contribution in [-0.2, 0) is 9.59 Å². The number of amides is 3. The van der Waals surface area contributed by atoms with E-state index in [0.717, 1.165) is 29.6 Å². The van der Waals surface area contributed by atoms with Gasteiger partial charge in [-0.05, 0) is 24.3 Å². The molecule has 0 spiro atoms. The number of hydrogen-bond donors (Lipinski definition) is 0. The molecule has 6 nitrogen and oxygen atoms in total. The van der Waals surface area contributed by atoms with Crippen molar-refractivity contribution >= 4 is 50.7 Å². The number of allylic oxidation sites excluding steroid dienone is 2. The molecule has 0 unspecified atom stereocenters.